The Hall–Kier alpha value is -1.29. The first kappa shape index (κ1) is 15.1. The first-order valence-electron chi connectivity index (χ1n) is 6.85. The zero-order chi connectivity index (χ0) is 14.4. The molecule has 3 nitrogen and oxygen atoms in total. The van der Waals surface area contributed by atoms with Gasteiger partial charge in [0.25, 0.3) is 0 Å². The topological polar surface area (TPSA) is 26.2 Å². The molecule has 0 spiro atoms. The van der Waals surface area contributed by atoms with Crippen molar-refractivity contribution in [2.24, 2.45) is 0 Å². The number of aromatic nitrogens is 1. The molecule has 2 rings (SSSR count). The SMILES string of the molecule is COCCCNCc1cccn1-c1cc(Cl)ccc1C. The van der Waals surface area contributed by atoms with Crippen molar-refractivity contribution in [1.82, 2.24) is 9.88 Å². The van der Waals surface area contributed by atoms with E-state index in [1.165, 1.54) is 11.3 Å². The quantitative estimate of drug-likeness (QED) is 0.790. The van der Waals surface area contributed by atoms with Gasteiger partial charge in [-0.1, -0.05) is 17.7 Å². The zero-order valence-electron chi connectivity index (χ0n) is 12.0. The van der Waals surface area contributed by atoms with Crippen molar-refractivity contribution in [3.05, 3.63) is 52.8 Å². The molecule has 0 saturated heterocycles. The zero-order valence-corrected chi connectivity index (χ0v) is 12.8. The lowest BCUT2D eigenvalue weighted by molar-refractivity contribution is 0.194. The van der Waals surface area contributed by atoms with Gasteiger partial charge in [0, 0.05) is 42.9 Å². The maximum absolute atomic E-state index is 6.10. The van der Waals surface area contributed by atoms with E-state index in [-0.39, 0.29) is 0 Å². The summed E-state index contributed by atoms with van der Waals surface area (Å²) < 4.78 is 7.23. The summed E-state index contributed by atoms with van der Waals surface area (Å²) in [6.45, 7) is 4.68. The minimum Gasteiger partial charge on any atom is -0.385 e. The minimum atomic E-state index is 0.762. The van der Waals surface area contributed by atoms with Gasteiger partial charge in [-0.2, -0.15) is 0 Å². The number of benzene rings is 1. The summed E-state index contributed by atoms with van der Waals surface area (Å²) in [6.07, 6.45) is 3.10. The van der Waals surface area contributed by atoms with Gasteiger partial charge >= 0.3 is 0 Å². The van der Waals surface area contributed by atoms with Gasteiger partial charge in [-0.15, -0.1) is 0 Å². The maximum Gasteiger partial charge on any atom is 0.0496 e. The number of rotatable bonds is 7. The van der Waals surface area contributed by atoms with Gasteiger partial charge in [0.2, 0.25) is 0 Å². The van der Waals surface area contributed by atoms with E-state index in [1.807, 2.05) is 18.2 Å². The molecule has 0 aliphatic rings. The lowest BCUT2D eigenvalue weighted by Gasteiger charge is -2.13. The Morgan fingerprint density at radius 3 is 2.95 bits per heavy atom. The molecule has 1 N–H and O–H groups in total. The molecule has 0 saturated carbocycles. The largest absolute Gasteiger partial charge is 0.385 e. The molecule has 0 fully saturated rings. The van der Waals surface area contributed by atoms with Gasteiger partial charge in [-0.25, -0.2) is 0 Å². The first-order valence-corrected chi connectivity index (χ1v) is 7.22. The molecule has 0 bridgehead atoms. The lowest BCUT2D eigenvalue weighted by atomic mass is 10.2. The van der Waals surface area contributed by atoms with E-state index in [2.05, 4.69) is 35.1 Å². The van der Waals surface area contributed by atoms with Gasteiger partial charge in [0.15, 0.2) is 0 Å². The summed E-state index contributed by atoms with van der Waals surface area (Å²) in [7, 11) is 1.73. The second kappa shape index (κ2) is 7.48. The Bertz CT molecular complexity index is 551. The van der Waals surface area contributed by atoms with E-state index in [0.29, 0.717) is 0 Å². The molecular formula is C16H21ClN2O. The van der Waals surface area contributed by atoms with E-state index in [1.54, 1.807) is 7.11 Å². The number of halogens is 1. The van der Waals surface area contributed by atoms with Gasteiger partial charge < -0.3 is 14.6 Å². The Morgan fingerprint density at radius 1 is 1.30 bits per heavy atom. The third-order valence-corrected chi connectivity index (χ3v) is 3.51. The fourth-order valence-electron chi connectivity index (χ4n) is 2.20. The van der Waals surface area contributed by atoms with Crippen LogP contribution >= 0.6 is 11.6 Å². The Balaban J connectivity index is 2.06. The monoisotopic (exact) mass is 292 g/mol. The third-order valence-electron chi connectivity index (χ3n) is 3.27. The summed E-state index contributed by atoms with van der Waals surface area (Å²) in [6, 6.07) is 10.2. The lowest BCUT2D eigenvalue weighted by Crippen LogP contribution is -2.18. The van der Waals surface area contributed by atoms with Gasteiger partial charge in [0.05, 0.1) is 0 Å². The van der Waals surface area contributed by atoms with Crippen LogP contribution in [0.1, 0.15) is 17.7 Å². The molecule has 108 valence electrons. The highest BCUT2D eigenvalue weighted by atomic mass is 35.5. The van der Waals surface area contributed by atoms with Crippen molar-refractivity contribution in [3.63, 3.8) is 0 Å². The Kier molecular flexibility index (Phi) is 5.65. The molecule has 1 aromatic heterocycles. The second-order valence-corrected chi connectivity index (χ2v) is 5.26. The highest BCUT2D eigenvalue weighted by Crippen LogP contribution is 2.21. The van der Waals surface area contributed by atoms with Gasteiger partial charge in [0.1, 0.15) is 0 Å². The van der Waals surface area contributed by atoms with Crippen molar-refractivity contribution in [3.8, 4) is 5.69 Å². The summed E-state index contributed by atoms with van der Waals surface area (Å²) >= 11 is 6.10. The van der Waals surface area contributed by atoms with Crippen LogP contribution in [-0.4, -0.2) is 24.8 Å². The van der Waals surface area contributed by atoms with Crippen LogP contribution in [0.25, 0.3) is 5.69 Å². The van der Waals surface area contributed by atoms with E-state index < -0.39 is 0 Å². The molecule has 2 aromatic rings. The standard InChI is InChI=1S/C16H21ClN2O/c1-13-6-7-14(17)11-16(13)19-9-3-5-15(19)12-18-8-4-10-20-2/h3,5-7,9,11,18H,4,8,10,12H2,1-2H3. The fourth-order valence-corrected chi connectivity index (χ4v) is 2.36. The molecule has 0 unspecified atom stereocenters. The molecule has 1 heterocycles. The predicted octanol–water partition coefficient (Wildman–Crippen LogP) is 3.57. The highest BCUT2D eigenvalue weighted by Gasteiger charge is 2.06. The van der Waals surface area contributed by atoms with E-state index in [9.17, 15) is 0 Å². The van der Waals surface area contributed by atoms with Crippen molar-refractivity contribution < 1.29 is 4.74 Å². The number of ether oxygens (including phenoxy) is 1. The van der Waals surface area contributed by atoms with Crippen LogP contribution in [0.2, 0.25) is 5.02 Å². The molecular weight excluding hydrogens is 272 g/mol. The molecule has 0 aliphatic heterocycles. The summed E-state index contributed by atoms with van der Waals surface area (Å²) in [5.74, 6) is 0. The summed E-state index contributed by atoms with van der Waals surface area (Å²) in [5.41, 5.74) is 3.58. The van der Waals surface area contributed by atoms with Gasteiger partial charge in [-0.3, -0.25) is 0 Å². The number of hydrogen-bond donors (Lipinski definition) is 1. The van der Waals surface area contributed by atoms with Crippen molar-refractivity contribution in [2.75, 3.05) is 20.3 Å². The van der Waals surface area contributed by atoms with Crippen LogP contribution in [0.15, 0.2) is 36.5 Å². The number of hydrogen-bond acceptors (Lipinski definition) is 2. The maximum atomic E-state index is 6.10. The molecule has 0 atom stereocenters. The van der Waals surface area contributed by atoms with E-state index in [0.717, 1.165) is 36.8 Å². The third kappa shape index (κ3) is 3.85. The van der Waals surface area contributed by atoms with Crippen LogP contribution < -0.4 is 5.32 Å². The summed E-state index contributed by atoms with van der Waals surface area (Å²) in [4.78, 5) is 0. The van der Waals surface area contributed by atoms with Crippen LogP contribution in [0, 0.1) is 6.92 Å². The molecule has 1 aromatic carbocycles. The molecule has 0 aliphatic carbocycles. The van der Waals surface area contributed by atoms with Crippen LogP contribution in [0.4, 0.5) is 0 Å². The molecule has 4 heteroatoms. The smallest absolute Gasteiger partial charge is 0.0496 e. The molecule has 0 radical (unpaired) electrons. The normalized spacial score (nSPS) is 10.9. The number of nitrogens with one attached hydrogen (secondary N) is 1. The van der Waals surface area contributed by atoms with E-state index >= 15 is 0 Å². The van der Waals surface area contributed by atoms with Crippen LogP contribution in [-0.2, 0) is 11.3 Å². The minimum absolute atomic E-state index is 0.762. The van der Waals surface area contributed by atoms with Crippen LogP contribution in [0.3, 0.4) is 0 Å². The molecule has 20 heavy (non-hydrogen) atoms. The Labute approximate surface area is 125 Å². The number of nitrogens with zero attached hydrogens (tertiary/aromatic N) is 1. The Morgan fingerprint density at radius 2 is 2.15 bits per heavy atom. The van der Waals surface area contributed by atoms with Gasteiger partial charge in [-0.05, 0) is 49.7 Å². The van der Waals surface area contributed by atoms with Crippen molar-refractivity contribution in [2.45, 2.75) is 19.9 Å². The highest BCUT2D eigenvalue weighted by molar-refractivity contribution is 6.30. The fraction of sp³-hybridized carbons (Fsp3) is 0.375. The average molecular weight is 293 g/mol. The summed E-state index contributed by atoms with van der Waals surface area (Å²) in [5, 5.41) is 4.20. The predicted molar refractivity (Wildman–Crippen MR) is 83.7 cm³/mol. The second-order valence-electron chi connectivity index (χ2n) is 4.82. The van der Waals surface area contributed by atoms with E-state index in [4.69, 9.17) is 16.3 Å². The first-order chi connectivity index (χ1) is 9.72. The van der Waals surface area contributed by atoms with Crippen molar-refractivity contribution >= 4 is 11.6 Å². The van der Waals surface area contributed by atoms with Crippen LogP contribution in [0.5, 0.6) is 0 Å². The van der Waals surface area contributed by atoms with Crippen molar-refractivity contribution in [1.29, 1.82) is 0 Å². The average Bonchev–Trinajstić information content (AvgIpc) is 2.89. The molecule has 0 amide bonds. The number of aryl methyl sites for hydroxylation is 1. The number of methoxy groups -OCH3 is 1.